The Bertz CT molecular complexity index is 360. The highest BCUT2D eigenvalue weighted by Gasteiger charge is 2.31. The molecule has 1 amide bonds. The summed E-state index contributed by atoms with van der Waals surface area (Å²) in [6.07, 6.45) is 0.294. The van der Waals surface area contributed by atoms with Crippen LogP contribution >= 0.6 is 0 Å². The SMILES string of the molecule is CC(C)OCCN1CC(C)N(CC(=O)N2CCNCC2)C(C)C1. The molecule has 2 heterocycles. The van der Waals surface area contributed by atoms with E-state index in [0.717, 1.165) is 52.4 Å². The monoisotopic (exact) mass is 326 g/mol. The first-order chi connectivity index (χ1) is 11.0. The van der Waals surface area contributed by atoms with Gasteiger partial charge in [0.05, 0.1) is 19.3 Å². The largest absolute Gasteiger partial charge is 0.377 e. The number of carbonyl (C=O) groups excluding carboxylic acids is 1. The van der Waals surface area contributed by atoms with E-state index in [1.54, 1.807) is 0 Å². The fourth-order valence-corrected chi connectivity index (χ4v) is 3.55. The molecule has 2 aliphatic rings. The van der Waals surface area contributed by atoms with E-state index in [1.807, 2.05) is 4.90 Å². The Labute approximate surface area is 141 Å². The first-order valence-electron chi connectivity index (χ1n) is 9.05. The molecule has 0 saturated carbocycles. The van der Waals surface area contributed by atoms with Crippen LogP contribution in [-0.2, 0) is 9.53 Å². The molecule has 2 unspecified atom stereocenters. The molecule has 0 spiro atoms. The Balaban J connectivity index is 1.78. The number of rotatable bonds is 6. The van der Waals surface area contributed by atoms with Crippen molar-refractivity contribution in [2.24, 2.45) is 0 Å². The molecular weight excluding hydrogens is 292 g/mol. The predicted molar refractivity (Wildman–Crippen MR) is 92.6 cm³/mol. The third-order valence-electron chi connectivity index (χ3n) is 4.82. The lowest BCUT2D eigenvalue weighted by atomic mass is 10.1. The van der Waals surface area contributed by atoms with Crippen LogP contribution in [0.1, 0.15) is 27.7 Å². The summed E-state index contributed by atoms with van der Waals surface area (Å²) in [6.45, 7) is 16.5. The smallest absolute Gasteiger partial charge is 0.236 e. The van der Waals surface area contributed by atoms with Gasteiger partial charge in [0.25, 0.3) is 0 Å². The van der Waals surface area contributed by atoms with Gasteiger partial charge in [-0.1, -0.05) is 0 Å². The van der Waals surface area contributed by atoms with Crippen LogP contribution in [-0.4, -0.2) is 97.8 Å². The highest BCUT2D eigenvalue weighted by molar-refractivity contribution is 5.78. The Hall–Kier alpha value is -0.690. The van der Waals surface area contributed by atoms with Gasteiger partial charge in [-0.15, -0.1) is 0 Å². The maximum absolute atomic E-state index is 12.5. The van der Waals surface area contributed by atoms with E-state index in [2.05, 4.69) is 42.8 Å². The molecule has 0 aromatic heterocycles. The van der Waals surface area contributed by atoms with Gasteiger partial charge in [0, 0.05) is 57.9 Å². The fraction of sp³-hybridized carbons (Fsp3) is 0.941. The molecule has 0 radical (unpaired) electrons. The first-order valence-corrected chi connectivity index (χ1v) is 9.05. The van der Waals surface area contributed by atoms with Gasteiger partial charge in [-0.3, -0.25) is 14.6 Å². The van der Waals surface area contributed by atoms with Crippen molar-refractivity contribution in [1.29, 1.82) is 0 Å². The minimum Gasteiger partial charge on any atom is -0.377 e. The van der Waals surface area contributed by atoms with E-state index in [4.69, 9.17) is 4.74 Å². The second kappa shape index (κ2) is 8.97. The summed E-state index contributed by atoms with van der Waals surface area (Å²) < 4.78 is 5.66. The molecular formula is C17H34N4O2. The summed E-state index contributed by atoms with van der Waals surface area (Å²) in [5, 5.41) is 3.30. The molecule has 0 bridgehead atoms. The van der Waals surface area contributed by atoms with E-state index in [1.165, 1.54) is 0 Å². The first kappa shape index (κ1) is 18.6. The summed E-state index contributed by atoms with van der Waals surface area (Å²) >= 11 is 0. The van der Waals surface area contributed by atoms with Crippen LogP contribution in [0.3, 0.4) is 0 Å². The highest BCUT2D eigenvalue weighted by atomic mass is 16.5. The summed E-state index contributed by atoms with van der Waals surface area (Å²) in [6, 6.07) is 0.814. The second-order valence-corrected chi connectivity index (χ2v) is 7.18. The van der Waals surface area contributed by atoms with Gasteiger partial charge in [-0.25, -0.2) is 0 Å². The average molecular weight is 326 g/mol. The summed E-state index contributed by atoms with van der Waals surface area (Å²) in [7, 11) is 0. The standard InChI is InChI=1S/C17H34N4O2/c1-14(2)23-10-9-19-11-15(3)21(16(4)12-19)13-17(22)20-7-5-18-6-8-20/h14-16,18H,5-13H2,1-4H3. The Morgan fingerprint density at radius 1 is 1.17 bits per heavy atom. The van der Waals surface area contributed by atoms with Gasteiger partial charge in [0.15, 0.2) is 0 Å². The Morgan fingerprint density at radius 2 is 1.78 bits per heavy atom. The number of hydrogen-bond acceptors (Lipinski definition) is 5. The normalized spacial score (nSPS) is 27.6. The molecule has 2 rings (SSSR count). The number of amides is 1. The highest BCUT2D eigenvalue weighted by Crippen LogP contribution is 2.16. The van der Waals surface area contributed by atoms with Gasteiger partial charge in [0.1, 0.15) is 0 Å². The second-order valence-electron chi connectivity index (χ2n) is 7.18. The topological polar surface area (TPSA) is 48.1 Å². The van der Waals surface area contributed by atoms with E-state index in [9.17, 15) is 4.79 Å². The molecule has 23 heavy (non-hydrogen) atoms. The van der Waals surface area contributed by atoms with E-state index < -0.39 is 0 Å². The molecule has 2 saturated heterocycles. The molecule has 2 aliphatic heterocycles. The number of nitrogens with one attached hydrogen (secondary N) is 1. The number of piperazine rings is 2. The van der Waals surface area contributed by atoms with Crippen LogP contribution in [0, 0.1) is 0 Å². The zero-order chi connectivity index (χ0) is 16.8. The van der Waals surface area contributed by atoms with Gasteiger partial charge in [0.2, 0.25) is 5.91 Å². The third-order valence-corrected chi connectivity index (χ3v) is 4.82. The summed E-state index contributed by atoms with van der Waals surface area (Å²) in [5.74, 6) is 0.279. The quantitative estimate of drug-likeness (QED) is 0.758. The van der Waals surface area contributed by atoms with Crippen LogP contribution in [0.15, 0.2) is 0 Å². The fourth-order valence-electron chi connectivity index (χ4n) is 3.55. The van der Waals surface area contributed by atoms with Gasteiger partial charge >= 0.3 is 0 Å². The van der Waals surface area contributed by atoms with Crippen molar-refractivity contribution in [3.63, 3.8) is 0 Å². The van der Waals surface area contributed by atoms with E-state index >= 15 is 0 Å². The summed E-state index contributed by atoms with van der Waals surface area (Å²) in [4.78, 5) is 19.3. The minimum atomic E-state index is 0.279. The van der Waals surface area contributed by atoms with E-state index in [-0.39, 0.29) is 5.91 Å². The Kier molecular flexibility index (Phi) is 7.27. The molecule has 0 aliphatic carbocycles. The predicted octanol–water partition coefficient (Wildman–Crippen LogP) is 0.238. The molecule has 1 N–H and O–H groups in total. The van der Waals surface area contributed by atoms with Crippen molar-refractivity contribution in [3.05, 3.63) is 0 Å². The molecule has 6 nitrogen and oxygen atoms in total. The number of carbonyl (C=O) groups is 1. The molecule has 0 aromatic carbocycles. The maximum Gasteiger partial charge on any atom is 0.236 e. The minimum absolute atomic E-state index is 0.279. The lowest BCUT2D eigenvalue weighted by Gasteiger charge is -2.44. The average Bonchev–Trinajstić information content (AvgIpc) is 2.51. The number of ether oxygens (including phenoxy) is 1. The number of hydrogen-bond donors (Lipinski definition) is 1. The lowest BCUT2D eigenvalue weighted by molar-refractivity contribution is -0.135. The summed E-state index contributed by atoms with van der Waals surface area (Å²) in [5.41, 5.74) is 0. The van der Waals surface area contributed by atoms with Crippen LogP contribution in [0.25, 0.3) is 0 Å². The lowest BCUT2D eigenvalue weighted by Crippen LogP contribution is -2.60. The molecule has 6 heteroatoms. The Morgan fingerprint density at radius 3 is 2.35 bits per heavy atom. The number of nitrogens with zero attached hydrogens (tertiary/aromatic N) is 3. The molecule has 2 atom stereocenters. The molecule has 134 valence electrons. The van der Waals surface area contributed by atoms with Crippen LogP contribution in [0.2, 0.25) is 0 Å². The van der Waals surface area contributed by atoms with Crippen molar-refractivity contribution in [2.75, 3.05) is 59.0 Å². The van der Waals surface area contributed by atoms with Gasteiger partial charge in [-0.05, 0) is 27.7 Å². The van der Waals surface area contributed by atoms with Crippen LogP contribution in [0.5, 0.6) is 0 Å². The van der Waals surface area contributed by atoms with Gasteiger partial charge < -0.3 is 15.0 Å². The van der Waals surface area contributed by atoms with Crippen LogP contribution in [0.4, 0.5) is 0 Å². The molecule has 0 aromatic rings. The maximum atomic E-state index is 12.5. The van der Waals surface area contributed by atoms with E-state index in [0.29, 0.717) is 24.7 Å². The van der Waals surface area contributed by atoms with Crippen LogP contribution < -0.4 is 5.32 Å². The third kappa shape index (κ3) is 5.71. The van der Waals surface area contributed by atoms with Crippen molar-refractivity contribution < 1.29 is 9.53 Å². The van der Waals surface area contributed by atoms with Crippen molar-refractivity contribution in [2.45, 2.75) is 45.9 Å². The zero-order valence-corrected chi connectivity index (χ0v) is 15.3. The van der Waals surface area contributed by atoms with Crippen molar-refractivity contribution >= 4 is 5.91 Å². The molecule has 2 fully saturated rings. The zero-order valence-electron chi connectivity index (χ0n) is 15.3. The van der Waals surface area contributed by atoms with Gasteiger partial charge in [-0.2, -0.15) is 0 Å². The van der Waals surface area contributed by atoms with Crippen molar-refractivity contribution in [1.82, 2.24) is 20.0 Å². The van der Waals surface area contributed by atoms with Crippen molar-refractivity contribution in [3.8, 4) is 0 Å².